The minimum atomic E-state index is -0.528. The van der Waals surface area contributed by atoms with Crippen molar-refractivity contribution < 1.29 is 23.9 Å². The number of ether oxygens (including phenoxy) is 2. The lowest BCUT2D eigenvalue weighted by Crippen LogP contribution is -2.42. The molecule has 1 atom stereocenters. The van der Waals surface area contributed by atoms with Crippen molar-refractivity contribution in [2.75, 3.05) is 6.61 Å². The van der Waals surface area contributed by atoms with Crippen LogP contribution in [0.5, 0.6) is 5.75 Å². The van der Waals surface area contributed by atoms with E-state index in [9.17, 15) is 14.4 Å². The van der Waals surface area contributed by atoms with Crippen LogP contribution in [0.25, 0.3) is 0 Å². The van der Waals surface area contributed by atoms with Gasteiger partial charge in [0.25, 0.3) is 11.8 Å². The summed E-state index contributed by atoms with van der Waals surface area (Å²) >= 11 is 0. The number of fused-ring (bicyclic) bond motifs is 1. The van der Waals surface area contributed by atoms with Crippen molar-refractivity contribution >= 4 is 17.8 Å². The Hall–Kier alpha value is -3.93. The van der Waals surface area contributed by atoms with E-state index >= 15 is 0 Å². The highest BCUT2D eigenvalue weighted by Crippen LogP contribution is 2.26. The van der Waals surface area contributed by atoms with Crippen LogP contribution in [-0.4, -0.2) is 35.3 Å². The number of hydrogen-bond donors (Lipinski definition) is 0. The van der Waals surface area contributed by atoms with Gasteiger partial charge in [-0.3, -0.25) is 14.5 Å². The minimum absolute atomic E-state index is 0.0624. The van der Waals surface area contributed by atoms with E-state index in [0.29, 0.717) is 35.5 Å². The predicted molar refractivity (Wildman–Crippen MR) is 119 cm³/mol. The average Bonchev–Trinajstić information content (AvgIpc) is 3.09. The third kappa shape index (κ3) is 4.39. The molecule has 0 saturated heterocycles. The molecule has 1 aliphatic heterocycles. The normalized spacial score (nSPS) is 13.6. The van der Waals surface area contributed by atoms with Crippen LogP contribution >= 0.6 is 0 Å². The summed E-state index contributed by atoms with van der Waals surface area (Å²) in [5, 5.41) is 0. The van der Waals surface area contributed by atoms with Crippen LogP contribution in [0, 0.1) is 0 Å². The Balaban J connectivity index is 1.34. The second-order valence-corrected chi connectivity index (χ2v) is 7.49. The van der Waals surface area contributed by atoms with E-state index in [1.54, 1.807) is 48.5 Å². The van der Waals surface area contributed by atoms with Crippen molar-refractivity contribution in [3.05, 3.63) is 101 Å². The van der Waals surface area contributed by atoms with Crippen molar-refractivity contribution in [2.24, 2.45) is 0 Å². The third-order valence-corrected chi connectivity index (χ3v) is 5.41. The zero-order chi connectivity index (χ0) is 22.5. The fourth-order valence-electron chi connectivity index (χ4n) is 3.60. The molecule has 1 heterocycles. The van der Waals surface area contributed by atoms with Gasteiger partial charge in [0.15, 0.2) is 0 Å². The standard InChI is InChI=1S/C26H23NO5/c1-2-20(27-24(28)22-10-6-7-11-23(22)25(27)29)17-32-26(30)19-12-14-21(15-13-19)31-16-18-8-4-3-5-9-18/h3-15,20H,2,16-17H2,1H3/t20-/m1/s1. The lowest BCUT2D eigenvalue weighted by Gasteiger charge is -2.24. The van der Waals surface area contributed by atoms with Gasteiger partial charge < -0.3 is 9.47 Å². The number of nitrogens with zero attached hydrogens (tertiary/aromatic N) is 1. The summed E-state index contributed by atoms with van der Waals surface area (Å²) in [6.45, 7) is 2.22. The predicted octanol–water partition coefficient (Wildman–Crippen LogP) is 4.50. The number of benzene rings is 3. The van der Waals surface area contributed by atoms with Crippen LogP contribution in [0.2, 0.25) is 0 Å². The molecule has 0 fully saturated rings. The van der Waals surface area contributed by atoms with Crippen LogP contribution in [-0.2, 0) is 11.3 Å². The van der Waals surface area contributed by atoms with Crippen LogP contribution in [0.4, 0.5) is 0 Å². The van der Waals surface area contributed by atoms with E-state index in [-0.39, 0.29) is 18.4 Å². The highest BCUT2D eigenvalue weighted by atomic mass is 16.5. The van der Waals surface area contributed by atoms with Crippen molar-refractivity contribution in [2.45, 2.75) is 26.0 Å². The summed E-state index contributed by atoms with van der Waals surface area (Å²) in [5.41, 5.74) is 2.19. The van der Waals surface area contributed by atoms with E-state index in [0.717, 1.165) is 5.56 Å². The molecular weight excluding hydrogens is 406 g/mol. The number of hydrogen-bond acceptors (Lipinski definition) is 5. The number of rotatable bonds is 8. The molecule has 0 N–H and O–H groups in total. The third-order valence-electron chi connectivity index (χ3n) is 5.41. The first-order valence-electron chi connectivity index (χ1n) is 10.5. The molecule has 4 rings (SSSR count). The molecule has 3 aromatic rings. The SMILES string of the molecule is CC[C@H](COC(=O)c1ccc(OCc2ccccc2)cc1)N1C(=O)c2ccccc2C1=O. The zero-order valence-corrected chi connectivity index (χ0v) is 17.7. The molecule has 1 aliphatic rings. The van der Waals surface area contributed by atoms with Crippen LogP contribution in [0.3, 0.4) is 0 Å². The molecule has 0 saturated carbocycles. The van der Waals surface area contributed by atoms with Gasteiger partial charge in [0, 0.05) is 0 Å². The van der Waals surface area contributed by atoms with Gasteiger partial charge in [0.1, 0.15) is 19.0 Å². The molecule has 162 valence electrons. The lowest BCUT2D eigenvalue weighted by molar-refractivity contribution is 0.0303. The van der Waals surface area contributed by atoms with Gasteiger partial charge >= 0.3 is 5.97 Å². The molecule has 0 bridgehead atoms. The maximum absolute atomic E-state index is 12.7. The summed E-state index contributed by atoms with van der Waals surface area (Å²) in [4.78, 5) is 39.0. The molecule has 32 heavy (non-hydrogen) atoms. The largest absolute Gasteiger partial charge is 0.489 e. The van der Waals surface area contributed by atoms with Gasteiger partial charge in [0.2, 0.25) is 0 Å². The summed E-state index contributed by atoms with van der Waals surface area (Å²) in [7, 11) is 0. The minimum Gasteiger partial charge on any atom is -0.489 e. The maximum Gasteiger partial charge on any atom is 0.338 e. The van der Waals surface area contributed by atoms with Crippen molar-refractivity contribution in [3.63, 3.8) is 0 Å². The molecule has 6 nitrogen and oxygen atoms in total. The van der Waals surface area contributed by atoms with Crippen molar-refractivity contribution in [1.29, 1.82) is 0 Å². The van der Waals surface area contributed by atoms with Crippen LogP contribution in [0.15, 0.2) is 78.9 Å². The Labute approximate surface area is 186 Å². The van der Waals surface area contributed by atoms with Gasteiger partial charge in [0.05, 0.1) is 22.7 Å². The van der Waals surface area contributed by atoms with E-state index in [2.05, 4.69) is 0 Å². The maximum atomic E-state index is 12.7. The van der Waals surface area contributed by atoms with Gasteiger partial charge in [-0.15, -0.1) is 0 Å². The molecule has 2 amide bonds. The summed E-state index contributed by atoms with van der Waals surface area (Å²) in [6.07, 6.45) is 0.477. The first-order valence-corrected chi connectivity index (χ1v) is 10.5. The quantitative estimate of drug-likeness (QED) is 0.389. The second-order valence-electron chi connectivity index (χ2n) is 7.49. The Bertz CT molecular complexity index is 1090. The number of imide groups is 1. The number of esters is 1. The monoisotopic (exact) mass is 429 g/mol. The highest BCUT2D eigenvalue weighted by Gasteiger charge is 2.39. The van der Waals surface area contributed by atoms with Crippen LogP contribution < -0.4 is 4.74 Å². The highest BCUT2D eigenvalue weighted by molar-refractivity contribution is 6.21. The fourth-order valence-corrected chi connectivity index (χ4v) is 3.60. The van der Waals surface area contributed by atoms with Gasteiger partial charge in [-0.05, 0) is 48.4 Å². The first kappa shape index (κ1) is 21.3. The van der Waals surface area contributed by atoms with E-state index in [1.807, 2.05) is 37.3 Å². The van der Waals surface area contributed by atoms with E-state index < -0.39 is 12.0 Å². The summed E-state index contributed by atoms with van der Waals surface area (Å²) < 4.78 is 11.2. The average molecular weight is 429 g/mol. The van der Waals surface area contributed by atoms with Crippen molar-refractivity contribution in [1.82, 2.24) is 4.90 Å². The van der Waals surface area contributed by atoms with Gasteiger partial charge in [-0.1, -0.05) is 49.4 Å². The molecular formula is C26H23NO5. The first-order chi connectivity index (χ1) is 15.6. The molecule has 0 spiro atoms. The van der Waals surface area contributed by atoms with Gasteiger partial charge in [-0.2, -0.15) is 0 Å². The summed E-state index contributed by atoms with van der Waals surface area (Å²) in [6, 6.07) is 22.7. The zero-order valence-electron chi connectivity index (χ0n) is 17.7. The molecule has 6 heteroatoms. The second kappa shape index (κ2) is 9.47. The van der Waals surface area contributed by atoms with Crippen LogP contribution in [0.1, 0.15) is 50.0 Å². The molecule has 0 unspecified atom stereocenters. The molecule has 0 aliphatic carbocycles. The fraction of sp³-hybridized carbons (Fsp3) is 0.192. The van der Waals surface area contributed by atoms with Crippen molar-refractivity contribution in [3.8, 4) is 5.75 Å². The molecule has 0 aromatic heterocycles. The summed E-state index contributed by atoms with van der Waals surface area (Å²) in [5.74, 6) is -0.584. The Kier molecular flexibility index (Phi) is 6.31. The van der Waals surface area contributed by atoms with E-state index in [1.165, 1.54) is 4.90 Å². The van der Waals surface area contributed by atoms with E-state index in [4.69, 9.17) is 9.47 Å². The lowest BCUT2D eigenvalue weighted by atomic mass is 10.1. The van der Waals surface area contributed by atoms with Gasteiger partial charge in [-0.25, -0.2) is 4.79 Å². The number of carbonyl (C=O) groups is 3. The number of amides is 2. The molecule has 0 radical (unpaired) electrons. The Morgan fingerprint density at radius 1 is 0.844 bits per heavy atom. The Morgan fingerprint density at radius 3 is 2.03 bits per heavy atom. The Morgan fingerprint density at radius 2 is 1.44 bits per heavy atom. The smallest absolute Gasteiger partial charge is 0.338 e. The topological polar surface area (TPSA) is 72.9 Å². The molecule has 3 aromatic carbocycles. The number of carbonyl (C=O) groups excluding carboxylic acids is 3.